The topological polar surface area (TPSA) is 33.6 Å². The molecule has 0 radical (unpaired) electrons. The largest absolute Gasteiger partial charge is 0.495 e. The van der Waals surface area contributed by atoms with Crippen LogP contribution in [-0.4, -0.2) is 12.3 Å². The van der Waals surface area contributed by atoms with Crippen molar-refractivity contribution in [2.24, 2.45) is 11.0 Å². The van der Waals surface area contributed by atoms with E-state index in [1.807, 2.05) is 24.3 Å². The van der Waals surface area contributed by atoms with Crippen molar-refractivity contribution in [1.82, 2.24) is 0 Å². The molecular weight excluding hydrogens is 328 g/mol. The minimum atomic E-state index is 0.362. The summed E-state index contributed by atoms with van der Waals surface area (Å²) in [6.45, 7) is 2.08. The quantitative estimate of drug-likeness (QED) is 0.471. The van der Waals surface area contributed by atoms with E-state index in [0.29, 0.717) is 17.5 Å². The zero-order chi connectivity index (χ0) is 14.1. The van der Waals surface area contributed by atoms with Gasteiger partial charge in [-0.25, -0.2) is 0 Å². The molecule has 0 saturated carbocycles. The van der Waals surface area contributed by atoms with Gasteiger partial charge in [0.05, 0.1) is 12.8 Å². The molecule has 0 spiro atoms. The van der Waals surface area contributed by atoms with E-state index >= 15 is 0 Å². The molecule has 1 rings (SSSR count). The zero-order valence-electron chi connectivity index (χ0n) is 10.9. The van der Waals surface area contributed by atoms with Crippen molar-refractivity contribution in [3.05, 3.63) is 24.3 Å². The van der Waals surface area contributed by atoms with Crippen LogP contribution in [0.1, 0.15) is 19.8 Å². The van der Waals surface area contributed by atoms with E-state index in [2.05, 4.69) is 44.1 Å². The van der Waals surface area contributed by atoms with Crippen molar-refractivity contribution in [2.75, 3.05) is 12.5 Å². The maximum atomic E-state index is 6.09. The second kappa shape index (κ2) is 8.84. The highest BCUT2D eigenvalue weighted by Gasteiger charge is 2.05. The molecule has 19 heavy (non-hydrogen) atoms. The van der Waals surface area contributed by atoms with E-state index in [4.69, 9.17) is 16.3 Å². The highest BCUT2D eigenvalue weighted by Crippen LogP contribution is 2.23. The minimum absolute atomic E-state index is 0.362. The average Bonchev–Trinajstić information content (AvgIpc) is 2.43. The Morgan fingerprint density at radius 2 is 2.26 bits per heavy atom. The molecule has 0 fully saturated rings. The lowest BCUT2D eigenvalue weighted by molar-refractivity contribution is 0.416. The number of para-hydroxylation sites is 2. The van der Waals surface area contributed by atoms with Crippen LogP contribution in [0, 0.1) is 16.7 Å². The molecule has 0 amide bonds. The van der Waals surface area contributed by atoms with E-state index in [-0.39, 0.29) is 0 Å². The fourth-order valence-electron chi connectivity index (χ4n) is 1.48. The highest BCUT2D eigenvalue weighted by molar-refractivity contribution is 9.12. The first-order valence-corrected chi connectivity index (χ1v) is 7.04. The maximum Gasteiger partial charge on any atom is 0.143 e. The molecule has 0 bridgehead atoms. The summed E-state index contributed by atoms with van der Waals surface area (Å²) in [5.41, 5.74) is 3.70. The first kappa shape index (κ1) is 15.9. The summed E-state index contributed by atoms with van der Waals surface area (Å²) in [7, 11) is 1.62. The Labute approximate surface area is 127 Å². The molecule has 1 aromatic carbocycles. The standard InChI is InChI=1S/C14H16BrClN2O/c1-11(6-5-9-15)10-14(16)18-17-12-7-3-4-8-13(12)19-2/h3-4,7-8,11,17H,6,10H2,1-2H3/b18-14-/t11-/m0/s1. The minimum Gasteiger partial charge on any atom is -0.495 e. The summed E-state index contributed by atoms with van der Waals surface area (Å²) in [5, 5.41) is 4.67. The van der Waals surface area contributed by atoms with Crippen LogP contribution >= 0.6 is 27.5 Å². The lowest BCUT2D eigenvalue weighted by atomic mass is 10.1. The van der Waals surface area contributed by atoms with Crippen molar-refractivity contribution in [3.63, 3.8) is 0 Å². The summed E-state index contributed by atoms with van der Waals surface area (Å²) in [6.07, 6.45) is 1.47. The van der Waals surface area contributed by atoms with Crippen molar-refractivity contribution >= 4 is 38.4 Å². The van der Waals surface area contributed by atoms with Crippen LogP contribution in [-0.2, 0) is 0 Å². The van der Waals surface area contributed by atoms with Crippen LogP contribution in [0.25, 0.3) is 0 Å². The van der Waals surface area contributed by atoms with E-state index in [1.54, 1.807) is 7.11 Å². The smallest absolute Gasteiger partial charge is 0.143 e. The fourth-order valence-corrected chi connectivity index (χ4v) is 1.94. The molecule has 0 aliphatic carbocycles. The van der Waals surface area contributed by atoms with Crippen LogP contribution in [0.3, 0.4) is 0 Å². The van der Waals surface area contributed by atoms with Gasteiger partial charge in [0.15, 0.2) is 0 Å². The number of hydrogen-bond donors (Lipinski definition) is 1. The summed E-state index contributed by atoms with van der Waals surface area (Å²) < 4.78 is 5.21. The number of rotatable bonds is 6. The molecule has 0 aliphatic rings. The van der Waals surface area contributed by atoms with Crippen LogP contribution in [0.5, 0.6) is 5.75 Å². The van der Waals surface area contributed by atoms with Gasteiger partial charge in [-0.1, -0.05) is 36.6 Å². The normalized spacial score (nSPS) is 12.3. The second-order valence-electron chi connectivity index (χ2n) is 4.08. The number of methoxy groups -OCH3 is 1. The van der Waals surface area contributed by atoms with Gasteiger partial charge in [-0.3, -0.25) is 5.43 Å². The monoisotopic (exact) mass is 342 g/mol. The molecule has 0 saturated heterocycles. The summed E-state index contributed by atoms with van der Waals surface area (Å²) in [4.78, 5) is 2.69. The Kier molecular flexibility index (Phi) is 7.39. The van der Waals surface area contributed by atoms with E-state index in [1.165, 1.54) is 0 Å². The Hall–Kier alpha value is -1.18. The maximum absolute atomic E-state index is 6.09. The second-order valence-corrected chi connectivity index (χ2v) is 4.92. The average molecular weight is 344 g/mol. The molecule has 0 heterocycles. The Morgan fingerprint density at radius 1 is 1.53 bits per heavy atom. The number of hydrazone groups is 1. The molecular formula is C14H16BrClN2O. The third-order valence-corrected chi connectivity index (χ3v) is 2.96. The van der Waals surface area contributed by atoms with Crippen molar-refractivity contribution in [3.8, 4) is 16.5 Å². The Bertz CT molecular complexity index is 494. The van der Waals surface area contributed by atoms with Crippen LogP contribution < -0.4 is 10.2 Å². The van der Waals surface area contributed by atoms with E-state index in [9.17, 15) is 0 Å². The van der Waals surface area contributed by atoms with Gasteiger partial charge in [-0.2, -0.15) is 5.10 Å². The van der Waals surface area contributed by atoms with Gasteiger partial charge in [0.25, 0.3) is 0 Å². The van der Waals surface area contributed by atoms with Crippen molar-refractivity contribution < 1.29 is 4.74 Å². The molecule has 0 unspecified atom stereocenters. The Balaban J connectivity index is 2.57. The number of nitrogens with zero attached hydrogens (tertiary/aromatic N) is 1. The Morgan fingerprint density at radius 3 is 2.95 bits per heavy atom. The summed E-state index contributed by atoms with van der Waals surface area (Å²) >= 11 is 9.16. The van der Waals surface area contributed by atoms with Crippen LogP contribution in [0.4, 0.5) is 5.69 Å². The van der Waals surface area contributed by atoms with Gasteiger partial charge >= 0.3 is 0 Å². The number of halogens is 2. The third kappa shape index (κ3) is 6.00. The van der Waals surface area contributed by atoms with E-state index < -0.39 is 0 Å². The predicted molar refractivity (Wildman–Crippen MR) is 85.0 cm³/mol. The first-order chi connectivity index (χ1) is 9.17. The molecule has 0 aliphatic heterocycles. The third-order valence-electron chi connectivity index (χ3n) is 2.44. The van der Waals surface area contributed by atoms with Gasteiger partial charge in [0.1, 0.15) is 10.9 Å². The fraction of sp³-hybridized carbons (Fsp3) is 0.357. The number of nitrogens with one attached hydrogen (secondary N) is 1. The molecule has 0 aromatic heterocycles. The summed E-state index contributed by atoms with van der Waals surface area (Å²) in [6, 6.07) is 7.55. The first-order valence-electron chi connectivity index (χ1n) is 5.87. The zero-order valence-corrected chi connectivity index (χ0v) is 13.3. The molecule has 1 aromatic rings. The number of anilines is 1. The van der Waals surface area contributed by atoms with Crippen LogP contribution in [0.2, 0.25) is 0 Å². The van der Waals surface area contributed by atoms with Gasteiger partial charge in [-0.15, -0.1) is 0 Å². The lowest BCUT2D eigenvalue weighted by Gasteiger charge is -2.09. The molecule has 5 heteroatoms. The molecule has 1 atom stereocenters. The molecule has 102 valence electrons. The predicted octanol–water partition coefficient (Wildman–Crippen LogP) is 4.43. The summed E-state index contributed by atoms with van der Waals surface area (Å²) in [5.74, 6) is 4.05. The molecule has 3 nitrogen and oxygen atoms in total. The highest BCUT2D eigenvalue weighted by atomic mass is 79.9. The number of ether oxygens (including phenoxy) is 1. The van der Waals surface area contributed by atoms with Gasteiger partial charge in [0.2, 0.25) is 0 Å². The van der Waals surface area contributed by atoms with E-state index in [0.717, 1.165) is 17.9 Å². The lowest BCUT2D eigenvalue weighted by Crippen LogP contribution is -2.02. The van der Waals surface area contributed by atoms with Gasteiger partial charge in [-0.05, 0) is 22.9 Å². The molecule has 1 N–H and O–H groups in total. The van der Waals surface area contributed by atoms with Gasteiger partial charge in [0, 0.05) is 28.8 Å². The number of benzene rings is 1. The SMILES string of the molecule is COc1ccccc1N/N=C(\Cl)C[C@@H](C)CC#CBr. The van der Waals surface area contributed by atoms with Crippen molar-refractivity contribution in [2.45, 2.75) is 19.8 Å². The van der Waals surface area contributed by atoms with Crippen LogP contribution in [0.15, 0.2) is 29.4 Å². The number of hydrogen-bond acceptors (Lipinski definition) is 3. The van der Waals surface area contributed by atoms with Gasteiger partial charge < -0.3 is 4.74 Å². The van der Waals surface area contributed by atoms with Crippen molar-refractivity contribution in [1.29, 1.82) is 0 Å².